The predicted octanol–water partition coefficient (Wildman–Crippen LogP) is 5.34. The number of amides is 1. The minimum atomic E-state index is -4.49. The molecule has 1 unspecified atom stereocenters. The van der Waals surface area contributed by atoms with E-state index in [2.05, 4.69) is 0 Å². The molecule has 0 bridgehead atoms. The largest absolute Gasteiger partial charge is 0.456 e. The Morgan fingerprint density at radius 1 is 1.00 bits per heavy atom. The molecule has 1 atom stereocenters. The number of ether oxygens (including phenoxy) is 1. The summed E-state index contributed by atoms with van der Waals surface area (Å²) in [6.45, 7) is -0.167. The Kier molecular flexibility index (Phi) is 4.83. The molecular formula is C20H12Cl2F3NO3. The van der Waals surface area contributed by atoms with E-state index < -0.39 is 29.5 Å². The second-order valence-electron chi connectivity index (χ2n) is 6.60. The minimum Gasteiger partial charge on any atom is -0.456 e. The standard InChI is InChI=1S/C20H12Cl2F3NO3/c21-13-2-1-3-14(22)17(13)12-8-16(27)26(15-9-29-19(28)18(12)15)11-6-4-10(5-7-11)20(23,24)25/h1-7,12H,8-9H2. The van der Waals surface area contributed by atoms with Crippen LogP contribution in [0.2, 0.25) is 10.0 Å². The second-order valence-corrected chi connectivity index (χ2v) is 7.42. The van der Waals surface area contributed by atoms with E-state index >= 15 is 0 Å². The average molecular weight is 442 g/mol. The topological polar surface area (TPSA) is 46.6 Å². The third-order valence-corrected chi connectivity index (χ3v) is 5.58. The van der Waals surface area contributed by atoms with Crippen LogP contribution in [0, 0.1) is 0 Å². The van der Waals surface area contributed by atoms with E-state index in [1.54, 1.807) is 18.2 Å². The number of halogens is 5. The van der Waals surface area contributed by atoms with E-state index in [1.807, 2.05) is 0 Å². The van der Waals surface area contributed by atoms with Gasteiger partial charge in [0, 0.05) is 28.1 Å². The first-order valence-electron chi connectivity index (χ1n) is 8.52. The fourth-order valence-electron chi connectivity index (χ4n) is 3.64. The minimum absolute atomic E-state index is 0.127. The van der Waals surface area contributed by atoms with Crippen LogP contribution < -0.4 is 4.90 Å². The number of nitrogens with zero attached hydrogens (tertiary/aromatic N) is 1. The third kappa shape index (κ3) is 3.38. The number of anilines is 1. The smallest absolute Gasteiger partial charge is 0.416 e. The van der Waals surface area contributed by atoms with E-state index in [-0.39, 0.29) is 30.0 Å². The lowest BCUT2D eigenvalue weighted by atomic mass is 9.84. The molecule has 4 rings (SSSR count). The molecule has 0 aliphatic carbocycles. The first kappa shape index (κ1) is 19.8. The first-order valence-corrected chi connectivity index (χ1v) is 9.28. The van der Waals surface area contributed by atoms with Crippen LogP contribution in [0.25, 0.3) is 0 Å². The first-order chi connectivity index (χ1) is 13.7. The van der Waals surface area contributed by atoms with Crippen molar-refractivity contribution in [3.8, 4) is 0 Å². The Bertz CT molecular complexity index is 1030. The van der Waals surface area contributed by atoms with Crippen LogP contribution in [-0.2, 0) is 20.5 Å². The molecule has 1 amide bonds. The number of rotatable bonds is 2. The zero-order valence-corrected chi connectivity index (χ0v) is 16.1. The van der Waals surface area contributed by atoms with Crippen LogP contribution in [-0.4, -0.2) is 18.5 Å². The van der Waals surface area contributed by atoms with Crippen molar-refractivity contribution in [3.05, 3.63) is 74.9 Å². The molecular weight excluding hydrogens is 430 g/mol. The van der Waals surface area contributed by atoms with Crippen LogP contribution in [0.5, 0.6) is 0 Å². The summed E-state index contributed by atoms with van der Waals surface area (Å²) >= 11 is 12.5. The summed E-state index contributed by atoms with van der Waals surface area (Å²) in [6, 6.07) is 9.02. The van der Waals surface area contributed by atoms with Gasteiger partial charge in [0.15, 0.2) is 0 Å². The van der Waals surface area contributed by atoms with Crippen molar-refractivity contribution in [1.29, 1.82) is 0 Å². The number of cyclic esters (lactones) is 1. The zero-order chi connectivity index (χ0) is 20.9. The summed E-state index contributed by atoms with van der Waals surface area (Å²) in [5.74, 6) is -1.70. The van der Waals surface area contributed by atoms with Gasteiger partial charge in [0.05, 0.1) is 16.8 Å². The van der Waals surface area contributed by atoms with E-state index in [4.69, 9.17) is 27.9 Å². The predicted molar refractivity (Wildman–Crippen MR) is 101 cm³/mol. The summed E-state index contributed by atoms with van der Waals surface area (Å²) < 4.78 is 43.7. The van der Waals surface area contributed by atoms with Gasteiger partial charge in [-0.3, -0.25) is 9.69 Å². The molecule has 150 valence electrons. The number of carbonyl (C=O) groups excluding carboxylic acids is 2. The lowest BCUT2D eigenvalue weighted by Crippen LogP contribution is -2.37. The summed E-state index contributed by atoms with van der Waals surface area (Å²) in [6.07, 6.45) is -4.62. The number of carbonyl (C=O) groups is 2. The van der Waals surface area contributed by atoms with Crippen LogP contribution in [0.1, 0.15) is 23.5 Å². The van der Waals surface area contributed by atoms with E-state index in [0.717, 1.165) is 12.1 Å². The fraction of sp³-hybridized carbons (Fsp3) is 0.200. The number of esters is 1. The Morgan fingerprint density at radius 3 is 2.21 bits per heavy atom. The van der Waals surface area contributed by atoms with Gasteiger partial charge >= 0.3 is 12.1 Å². The van der Waals surface area contributed by atoms with E-state index in [1.165, 1.54) is 17.0 Å². The molecule has 0 saturated heterocycles. The Morgan fingerprint density at radius 2 is 1.62 bits per heavy atom. The second kappa shape index (κ2) is 7.07. The van der Waals surface area contributed by atoms with Crippen LogP contribution in [0.4, 0.5) is 18.9 Å². The highest BCUT2D eigenvalue weighted by Crippen LogP contribution is 2.46. The zero-order valence-electron chi connectivity index (χ0n) is 14.6. The van der Waals surface area contributed by atoms with E-state index in [9.17, 15) is 22.8 Å². The summed E-state index contributed by atoms with van der Waals surface area (Å²) in [5, 5.41) is 0.620. The number of hydrogen-bond acceptors (Lipinski definition) is 3. The molecule has 2 aliphatic rings. The summed E-state index contributed by atoms with van der Waals surface area (Å²) in [4.78, 5) is 26.6. The fourth-order valence-corrected chi connectivity index (χ4v) is 4.30. The molecule has 0 spiro atoms. The lowest BCUT2D eigenvalue weighted by Gasteiger charge is -2.32. The molecule has 0 fully saturated rings. The van der Waals surface area contributed by atoms with Crippen molar-refractivity contribution in [2.24, 2.45) is 0 Å². The van der Waals surface area contributed by atoms with Crippen molar-refractivity contribution in [3.63, 3.8) is 0 Å². The molecule has 4 nitrogen and oxygen atoms in total. The molecule has 2 heterocycles. The maximum Gasteiger partial charge on any atom is 0.416 e. The highest BCUT2D eigenvalue weighted by molar-refractivity contribution is 6.36. The molecule has 9 heteroatoms. The van der Waals surface area contributed by atoms with E-state index in [0.29, 0.717) is 15.6 Å². The molecule has 0 radical (unpaired) electrons. The number of alkyl halides is 3. The van der Waals surface area contributed by atoms with Gasteiger partial charge in [-0.2, -0.15) is 13.2 Å². The molecule has 29 heavy (non-hydrogen) atoms. The SMILES string of the molecule is O=C1OCC2=C1C(c1c(Cl)cccc1Cl)CC(=O)N2c1ccc(C(F)(F)F)cc1. The average Bonchev–Trinajstić information content (AvgIpc) is 3.02. The molecule has 2 aromatic carbocycles. The Hall–Kier alpha value is -2.51. The monoisotopic (exact) mass is 441 g/mol. The van der Waals surface area contributed by atoms with Crippen LogP contribution in [0.3, 0.4) is 0 Å². The van der Waals surface area contributed by atoms with Gasteiger partial charge in [-0.25, -0.2) is 4.79 Å². The highest BCUT2D eigenvalue weighted by Gasteiger charge is 2.44. The number of hydrogen-bond donors (Lipinski definition) is 0. The highest BCUT2D eigenvalue weighted by atomic mass is 35.5. The van der Waals surface area contributed by atoms with Gasteiger partial charge in [-0.05, 0) is 42.0 Å². The third-order valence-electron chi connectivity index (χ3n) is 4.92. The van der Waals surface area contributed by atoms with Crippen molar-refractivity contribution >= 4 is 40.8 Å². The Labute approximate surface area is 173 Å². The molecule has 2 aromatic rings. The van der Waals surface area contributed by atoms with Crippen LogP contribution >= 0.6 is 23.2 Å². The van der Waals surface area contributed by atoms with Crippen molar-refractivity contribution < 1.29 is 27.5 Å². The van der Waals surface area contributed by atoms with Crippen molar-refractivity contribution in [1.82, 2.24) is 0 Å². The lowest BCUT2D eigenvalue weighted by molar-refractivity contribution is -0.138. The maximum absolute atomic E-state index is 12.9. The number of benzene rings is 2. The van der Waals surface area contributed by atoms with Crippen molar-refractivity contribution in [2.75, 3.05) is 11.5 Å². The van der Waals surface area contributed by atoms with Crippen molar-refractivity contribution in [2.45, 2.75) is 18.5 Å². The normalized spacial score (nSPS) is 19.5. The van der Waals surface area contributed by atoms with Gasteiger partial charge < -0.3 is 4.74 Å². The maximum atomic E-state index is 12.9. The molecule has 0 N–H and O–H groups in total. The summed E-state index contributed by atoms with van der Waals surface area (Å²) in [5.41, 5.74) is 0.353. The van der Waals surface area contributed by atoms with Crippen LogP contribution in [0.15, 0.2) is 53.7 Å². The van der Waals surface area contributed by atoms with Gasteiger partial charge in [0.1, 0.15) is 6.61 Å². The van der Waals surface area contributed by atoms with Gasteiger partial charge in [0.2, 0.25) is 5.91 Å². The molecule has 0 saturated carbocycles. The molecule has 2 aliphatic heterocycles. The quantitative estimate of drug-likeness (QED) is 0.590. The van der Waals surface area contributed by atoms with Gasteiger partial charge in [-0.1, -0.05) is 29.3 Å². The van der Waals surface area contributed by atoms with Gasteiger partial charge in [0.25, 0.3) is 0 Å². The Balaban J connectivity index is 1.81. The molecule has 0 aromatic heterocycles. The summed E-state index contributed by atoms with van der Waals surface area (Å²) in [7, 11) is 0. The van der Waals surface area contributed by atoms with Gasteiger partial charge in [-0.15, -0.1) is 0 Å².